The molecular formula is C28H25FO5. The predicted octanol–water partition coefficient (Wildman–Crippen LogP) is 6.22. The molecule has 34 heavy (non-hydrogen) atoms. The summed E-state index contributed by atoms with van der Waals surface area (Å²) in [6, 6.07) is 18.1. The van der Waals surface area contributed by atoms with Crippen molar-refractivity contribution < 1.29 is 28.5 Å². The number of halogens is 1. The smallest absolute Gasteiger partial charge is 0.307 e. The second kappa shape index (κ2) is 9.83. The Hall–Kier alpha value is -4.06. The lowest BCUT2D eigenvalue weighted by molar-refractivity contribution is -0.135. The zero-order chi connectivity index (χ0) is 24.2. The first-order chi connectivity index (χ1) is 16.4. The van der Waals surface area contributed by atoms with Crippen LogP contribution in [-0.2, 0) is 11.4 Å². The lowest BCUT2D eigenvalue weighted by Crippen LogP contribution is -2.00. The first kappa shape index (κ1) is 23.1. The van der Waals surface area contributed by atoms with Crippen LogP contribution in [0.2, 0.25) is 0 Å². The van der Waals surface area contributed by atoms with Gasteiger partial charge in [0.15, 0.2) is 17.3 Å². The van der Waals surface area contributed by atoms with E-state index in [-0.39, 0.29) is 24.5 Å². The number of allylic oxidation sites excluding steroid dienone is 2. The van der Waals surface area contributed by atoms with Gasteiger partial charge in [0.1, 0.15) is 12.4 Å². The van der Waals surface area contributed by atoms with E-state index in [1.54, 1.807) is 13.2 Å². The Labute approximate surface area is 197 Å². The molecule has 0 spiro atoms. The highest BCUT2D eigenvalue weighted by molar-refractivity contribution is 6.07. The largest absolute Gasteiger partial charge is 0.497 e. The topological polar surface area (TPSA) is 65.0 Å². The summed E-state index contributed by atoms with van der Waals surface area (Å²) in [6.45, 7) is 2.09. The number of aliphatic carboxylic acids is 1. The van der Waals surface area contributed by atoms with Gasteiger partial charge in [0.05, 0.1) is 20.6 Å². The van der Waals surface area contributed by atoms with E-state index in [9.17, 15) is 9.90 Å². The summed E-state index contributed by atoms with van der Waals surface area (Å²) in [5.74, 6) is -0.491. The Balaban J connectivity index is 1.72. The normalized spacial score (nSPS) is 13.7. The van der Waals surface area contributed by atoms with Gasteiger partial charge >= 0.3 is 5.97 Å². The molecule has 174 valence electrons. The van der Waals surface area contributed by atoms with Gasteiger partial charge in [-0.1, -0.05) is 36.4 Å². The molecule has 0 amide bonds. The van der Waals surface area contributed by atoms with Crippen molar-refractivity contribution in [3.05, 3.63) is 94.3 Å². The van der Waals surface area contributed by atoms with Gasteiger partial charge < -0.3 is 19.3 Å². The third-order valence-corrected chi connectivity index (χ3v) is 5.82. The molecular weight excluding hydrogens is 435 g/mol. The molecule has 3 aromatic rings. The van der Waals surface area contributed by atoms with E-state index in [2.05, 4.69) is 0 Å². The van der Waals surface area contributed by atoms with Crippen molar-refractivity contribution in [1.82, 2.24) is 0 Å². The molecule has 0 radical (unpaired) electrons. The van der Waals surface area contributed by atoms with Crippen LogP contribution < -0.4 is 14.2 Å². The van der Waals surface area contributed by atoms with E-state index in [4.69, 9.17) is 14.2 Å². The fraction of sp³-hybridized carbons (Fsp3) is 0.179. The van der Waals surface area contributed by atoms with Gasteiger partial charge in [0.25, 0.3) is 0 Å². The van der Waals surface area contributed by atoms with Gasteiger partial charge in [-0.3, -0.25) is 4.79 Å². The van der Waals surface area contributed by atoms with Crippen molar-refractivity contribution >= 4 is 23.2 Å². The average molecular weight is 461 g/mol. The molecule has 0 fully saturated rings. The van der Waals surface area contributed by atoms with Crippen LogP contribution in [0.25, 0.3) is 17.2 Å². The van der Waals surface area contributed by atoms with E-state index in [1.165, 1.54) is 13.2 Å². The lowest BCUT2D eigenvalue weighted by atomic mass is 10.00. The average Bonchev–Trinajstić information content (AvgIpc) is 3.08. The molecule has 5 nitrogen and oxygen atoms in total. The Kier molecular flexibility index (Phi) is 6.68. The number of benzene rings is 3. The van der Waals surface area contributed by atoms with Gasteiger partial charge in [-0.05, 0) is 76.2 Å². The molecule has 1 N–H and O–H groups in total. The summed E-state index contributed by atoms with van der Waals surface area (Å²) in [5.41, 5.74) is 5.54. The zero-order valence-electron chi connectivity index (χ0n) is 19.2. The molecule has 0 atom stereocenters. The van der Waals surface area contributed by atoms with Crippen molar-refractivity contribution in [1.29, 1.82) is 0 Å². The number of rotatable bonds is 8. The molecule has 0 unspecified atom stereocenters. The second-order valence-corrected chi connectivity index (χ2v) is 7.95. The van der Waals surface area contributed by atoms with Crippen LogP contribution in [0.1, 0.15) is 35.6 Å². The number of methoxy groups -OCH3 is 2. The second-order valence-electron chi connectivity index (χ2n) is 7.95. The van der Waals surface area contributed by atoms with Crippen molar-refractivity contribution in [2.75, 3.05) is 14.2 Å². The molecule has 3 aromatic carbocycles. The summed E-state index contributed by atoms with van der Waals surface area (Å²) < 4.78 is 31.5. The zero-order valence-corrected chi connectivity index (χ0v) is 19.2. The van der Waals surface area contributed by atoms with E-state index in [1.807, 2.05) is 61.5 Å². The minimum Gasteiger partial charge on any atom is -0.497 e. The number of hydrogen-bond acceptors (Lipinski definition) is 4. The van der Waals surface area contributed by atoms with Crippen LogP contribution in [0, 0.1) is 5.82 Å². The highest BCUT2D eigenvalue weighted by Crippen LogP contribution is 2.45. The fourth-order valence-electron chi connectivity index (χ4n) is 4.13. The predicted molar refractivity (Wildman–Crippen MR) is 129 cm³/mol. The number of carboxylic acids is 1. The number of carboxylic acid groups (broad SMARTS) is 1. The number of ether oxygens (including phenoxy) is 3. The first-order valence-corrected chi connectivity index (χ1v) is 10.8. The van der Waals surface area contributed by atoms with E-state index in [0.29, 0.717) is 16.9 Å². The Bertz CT molecular complexity index is 1290. The van der Waals surface area contributed by atoms with Gasteiger partial charge in [0, 0.05) is 0 Å². The van der Waals surface area contributed by atoms with Crippen LogP contribution in [0.4, 0.5) is 4.39 Å². The minimum absolute atomic E-state index is 0.0453. The summed E-state index contributed by atoms with van der Waals surface area (Å²) in [7, 11) is 3.03. The maximum Gasteiger partial charge on any atom is 0.307 e. The number of fused-ring (bicyclic) bond motifs is 1. The lowest BCUT2D eigenvalue weighted by Gasteiger charge is -2.13. The third kappa shape index (κ3) is 4.66. The van der Waals surface area contributed by atoms with Crippen molar-refractivity contribution in [3.63, 3.8) is 0 Å². The van der Waals surface area contributed by atoms with Crippen molar-refractivity contribution in [3.8, 4) is 17.2 Å². The van der Waals surface area contributed by atoms with Crippen LogP contribution in [0.15, 0.2) is 66.2 Å². The quantitative estimate of drug-likeness (QED) is 0.432. The molecule has 0 saturated heterocycles. The number of carbonyl (C=O) groups is 1. The van der Waals surface area contributed by atoms with Gasteiger partial charge in [-0.25, -0.2) is 4.39 Å². The van der Waals surface area contributed by atoms with E-state index in [0.717, 1.165) is 27.8 Å². The summed E-state index contributed by atoms with van der Waals surface area (Å²) >= 11 is 0. The molecule has 0 aliphatic heterocycles. The summed E-state index contributed by atoms with van der Waals surface area (Å²) in [5, 5.41) is 9.42. The van der Waals surface area contributed by atoms with Crippen LogP contribution >= 0.6 is 0 Å². The molecule has 4 rings (SSSR count). The van der Waals surface area contributed by atoms with Crippen LogP contribution in [0.3, 0.4) is 0 Å². The van der Waals surface area contributed by atoms with Crippen molar-refractivity contribution in [2.45, 2.75) is 20.0 Å². The first-order valence-electron chi connectivity index (χ1n) is 10.8. The van der Waals surface area contributed by atoms with Crippen LogP contribution in [-0.4, -0.2) is 25.3 Å². The molecule has 1 aliphatic carbocycles. The maximum atomic E-state index is 15.1. The molecule has 0 bridgehead atoms. The standard InChI is InChI=1S/C28H25FO5/c1-17-22(21-10-9-20(32-2)14-24(21)23(17)15-27(30)31)11-19-12-25(29)28(26(13-19)33-3)34-16-18-7-5-4-6-8-18/h4-14H,15-16H2,1-3H3,(H,30,31)/b22-11-. The fourth-order valence-corrected chi connectivity index (χ4v) is 4.13. The van der Waals surface area contributed by atoms with E-state index < -0.39 is 11.8 Å². The van der Waals surface area contributed by atoms with Gasteiger partial charge in [0.2, 0.25) is 0 Å². The Morgan fingerprint density at radius 3 is 2.44 bits per heavy atom. The highest BCUT2D eigenvalue weighted by atomic mass is 19.1. The maximum absolute atomic E-state index is 15.1. The third-order valence-electron chi connectivity index (χ3n) is 5.82. The minimum atomic E-state index is -0.919. The van der Waals surface area contributed by atoms with Gasteiger partial charge in [-0.2, -0.15) is 0 Å². The van der Waals surface area contributed by atoms with Gasteiger partial charge in [-0.15, -0.1) is 0 Å². The number of hydrogen-bond donors (Lipinski definition) is 1. The molecule has 6 heteroatoms. The highest BCUT2D eigenvalue weighted by Gasteiger charge is 2.26. The van der Waals surface area contributed by atoms with Crippen LogP contribution in [0.5, 0.6) is 17.2 Å². The summed E-state index contributed by atoms with van der Waals surface area (Å²) in [4.78, 5) is 11.5. The Morgan fingerprint density at radius 1 is 1.00 bits per heavy atom. The van der Waals surface area contributed by atoms with E-state index >= 15 is 4.39 Å². The monoisotopic (exact) mass is 460 g/mol. The Morgan fingerprint density at radius 2 is 1.76 bits per heavy atom. The SMILES string of the molecule is COc1ccc2c(c1)C(CC(=O)O)=C(C)/C2=C/c1cc(F)c(OCc2ccccc2)c(OC)c1. The molecule has 0 heterocycles. The molecule has 1 aliphatic rings. The molecule has 0 saturated carbocycles. The summed E-state index contributed by atoms with van der Waals surface area (Å²) in [6.07, 6.45) is 1.72. The molecule has 0 aromatic heterocycles. The van der Waals surface area contributed by atoms with Crippen molar-refractivity contribution in [2.24, 2.45) is 0 Å².